The largest absolute Gasteiger partial charge is 0.355 e. The van der Waals surface area contributed by atoms with E-state index in [9.17, 15) is 13.2 Å². The molecule has 0 radical (unpaired) electrons. The predicted octanol–water partition coefficient (Wildman–Crippen LogP) is 3.24. The summed E-state index contributed by atoms with van der Waals surface area (Å²) in [5, 5.41) is 2.76. The van der Waals surface area contributed by atoms with Crippen molar-refractivity contribution in [3.05, 3.63) is 83.4 Å². The molecule has 0 atom stereocenters. The molecule has 2 heterocycles. The number of sulfonamides is 1. The number of rotatable bonds is 9. The van der Waals surface area contributed by atoms with Crippen LogP contribution in [0.25, 0.3) is 16.7 Å². The molecule has 0 aliphatic heterocycles. The summed E-state index contributed by atoms with van der Waals surface area (Å²) >= 11 is 0. The van der Waals surface area contributed by atoms with Crippen molar-refractivity contribution in [1.29, 1.82) is 0 Å². The molecule has 0 spiro atoms. The van der Waals surface area contributed by atoms with Gasteiger partial charge in [-0.3, -0.25) is 14.3 Å². The molecule has 8 nitrogen and oxygen atoms in total. The Morgan fingerprint density at radius 3 is 2.40 bits per heavy atom. The van der Waals surface area contributed by atoms with Gasteiger partial charge in [0.05, 0.1) is 22.7 Å². The van der Waals surface area contributed by atoms with E-state index in [-0.39, 0.29) is 17.3 Å². The standard InChI is InChI=1S/C26H29N5O3S/c1-4-24-30-26-19(3)29-18(2)16-23(26)31(24)21-12-10-20(11-13-21)14-15-27-25(32)17-28-35(33,34)22-8-6-5-7-9-22/h5-13,16,28H,4,14-15,17H2,1-3H3,(H,27,32). The van der Waals surface area contributed by atoms with Crippen molar-refractivity contribution in [3.8, 4) is 5.69 Å². The highest BCUT2D eigenvalue weighted by molar-refractivity contribution is 7.89. The van der Waals surface area contributed by atoms with Gasteiger partial charge in [-0.1, -0.05) is 37.3 Å². The Morgan fingerprint density at radius 1 is 1.00 bits per heavy atom. The van der Waals surface area contributed by atoms with Gasteiger partial charge in [-0.2, -0.15) is 0 Å². The summed E-state index contributed by atoms with van der Waals surface area (Å²) in [5.41, 5.74) is 5.93. The SMILES string of the molecule is CCc1nc2c(C)nc(C)cc2n1-c1ccc(CCNC(=O)CNS(=O)(=O)c2ccccc2)cc1. The molecule has 0 fully saturated rings. The molecule has 0 bridgehead atoms. The molecule has 0 aliphatic rings. The molecule has 0 unspecified atom stereocenters. The highest BCUT2D eigenvalue weighted by Crippen LogP contribution is 2.24. The molecule has 0 saturated carbocycles. The van der Waals surface area contributed by atoms with Crippen LogP contribution in [0.15, 0.2) is 65.6 Å². The van der Waals surface area contributed by atoms with Crippen LogP contribution in [0, 0.1) is 13.8 Å². The van der Waals surface area contributed by atoms with Crippen LogP contribution >= 0.6 is 0 Å². The molecule has 9 heteroatoms. The second-order valence-electron chi connectivity index (χ2n) is 8.34. The summed E-state index contributed by atoms with van der Waals surface area (Å²) < 4.78 is 28.9. The summed E-state index contributed by atoms with van der Waals surface area (Å²) in [6.07, 6.45) is 1.43. The summed E-state index contributed by atoms with van der Waals surface area (Å²) in [6.45, 7) is 6.15. The topological polar surface area (TPSA) is 106 Å². The third-order valence-electron chi connectivity index (χ3n) is 5.74. The van der Waals surface area contributed by atoms with Gasteiger partial charge in [0.2, 0.25) is 15.9 Å². The molecule has 1 amide bonds. The smallest absolute Gasteiger partial charge is 0.241 e. The number of pyridine rings is 1. The van der Waals surface area contributed by atoms with Crippen molar-refractivity contribution in [1.82, 2.24) is 24.6 Å². The summed E-state index contributed by atoms with van der Waals surface area (Å²) in [6, 6.07) is 18.2. The quantitative estimate of drug-likeness (QED) is 0.374. The van der Waals surface area contributed by atoms with Gasteiger partial charge in [0, 0.05) is 24.3 Å². The van der Waals surface area contributed by atoms with E-state index in [2.05, 4.69) is 44.7 Å². The Morgan fingerprint density at radius 2 is 1.71 bits per heavy atom. The lowest BCUT2D eigenvalue weighted by molar-refractivity contribution is -0.119. The number of hydrogen-bond acceptors (Lipinski definition) is 5. The van der Waals surface area contributed by atoms with Crippen molar-refractivity contribution in [3.63, 3.8) is 0 Å². The second kappa shape index (κ2) is 10.4. The van der Waals surface area contributed by atoms with Crippen molar-refractivity contribution in [2.75, 3.05) is 13.1 Å². The zero-order valence-electron chi connectivity index (χ0n) is 20.1. The normalized spacial score (nSPS) is 11.6. The molecule has 0 saturated heterocycles. The molecule has 2 aromatic carbocycles. The van der Waals surface area contributed by atoms with E-state index in [1.54, 1.807) is 18.2 Å². The van der Waals surface area contributed by atoms with E-state index >= 15 is 0 Å². The first-order valence-electron chi connectivity index (χ1n) is 11.5. The second-order valence-corrected chi connectivity index (χ2v) is 10.1. The Hall–Kier alpha value is -3.56. The Balaban J connectivity index is 1.36. The molecule has 2 N–H and O–H groups in total. The van der Waals surface area contributed by atoms with Crippen LogP contribution in [0.4, 0.5) is 0 Å². The monoisotopic (exact) mass is 491 g/mol. The third kappa shape index (κ3) is 5.58. The lowest BCUT2D eigenvalue weighted by Gasteiger charge is -2.11. The van der Waals surface area contributed by atoms with Crippen LogP contribution in [0.1, 0.15) is 29.7 Å². The van der Waals surface area contributed by atoms with E-state index in [0.29, 0.717) is 13.0 Å². The molecule has 35 heavy (non-hydrogen) atoms. The fraction of sp³-hybridized carbons (Fsp3) is 0.269. The fourth-order valence-electron chi connectivity index (χ4n) is 4.02. The van der Waals surface area contributed by atoms with Crippen LogP contribution in [0.5, 0.6) is 0 Å². The van der Waals surface area contributed by atoms with Gasteiger partial charge in [-0.25, -0.2) is 18.1 Å². The Labute approximate surface area is 205 Å². The number of carbonyl (C=O) groups excluding carboxylic acids is 1. The van der Waals surface area contributed by atoms with Crippen LogP contribution < -0.4 is 10.0 Å². The van der Waals surface area contributed by atoms with Crippen LogP contribution in [-0.2, 0) is 27.7 Å². The minimum absolute atomic E-state index is 0.131. The maximum atomic E-state index is 12.2. The van der Waals surface area contributed by atoms with Gasteiger partial charge in [-0.15, -0.1) is 0 Å². The first-order valence-corrected chi connectivity index (χ1v) is 13.0. The lowest BCUT2D eigenvalue weighted by Crippen LogP contribution is -2.37. The third-order valence-corrected chi connectivity index (χ3v) is 7.15. The van der Waals surface area contributed by atoms with Crippen molar-refractivity contribution >= 4 is 27.0 Å². The van der Waals surface area contributed by atoms with Gasteiger partial charge < -0.3 is 5.32 Å². The number of hydrogen-bond donors (Lipinski definition) is 2. The number of amides is 1. The molecule has 4 rings (SSSR count). The number of nitrogens with one attached hydrogen (secondary N) is 2. The summed E-state index contributed by atoms with van der Waals surface area (Å²) in [4.78, 5) is 21.6. The Bertz CT molecular complexity index is 1450. The van der Waals surface area contributed by atoms with Gasteiger partial charge in [0.1, 0.15) is 11.3 Å². The molecule has 0 aliphatic carbocycles. The Kier molecular flexibility index (Phi) is 7.28. The molecule has 2 aromatic heterocycles. The van der Waals surface area contributed by atoms with E-state index in [1.165, 1.54) is 12.1 Å². The van der Waals surface area contributed by atoms with Crippen molar-refractivity contribution < 1.29 is 13.2 Å². The maximum Gasteiger partial charge on any atom is 0.241 e. The zero-order chi connectivity index (χ0) is 25.0. The molecular formula is C26H29N5O3S. The molecular weight excluding hydrogens is 462 g/mol. The minimum atomic E-state index is -3.71. The zero-order valence-corrected chi connectivity index (χ0v) is 20.9. The maximum absolute atomic E-state index is 12.2. The van der Waals surface area contributed by atoms with Gasteiger partial charge in [0.25, 0.3) is 0 Å². The number of fused-ring (bicyclic) bond motifs is 1. The van der Waals surface area contributed by atoms with Crippen LogP contribution in [0.3, 0.4) is 0 Å². The average molecular weight is 492 g/mol. The highest BCUT2D eigenvalue weighted by atomic mass is 32.2. The van der Waals surface area contributed by atoms with Crippen LogP contribution in [-0.4, -0.2) is 41.9 Å². The predicted molar refractivity (Wildman–Crippen MR) is 136 cm³/mol. The highest BCUT2D eigenvalue weighted by Gasteiger charge is 2.16. The molecule has 182 valence electrons. The minimum Gasteiger partial charge on any atom is -0.355 e. The number of benzene rings is 2. The number of carbonyl (C=O) groups is 1. The first-order chi connectivity index (χ1) is 16.8. The number of nitrogens with zero attached hydrogens (tertiary/aromatic N) is 3. The van der Waals surface area contributed by atoms with Gasteiger partial charge >= 0.3 is 0 Å². The lowest BCUT2D eigenvalue weighted by atomic mass is 10.1. The average Bonchev–Trinajstić information content (AvgIpc) is 3.23. The van der Waals surface area contributed by atoms with Gasteiger partial charge in [-0.05, 0) is 56.2 Å². The van der Waals surface area contributed by atoms with E-state index < -0.39 is 10.0 Å². The number of imidazole rings is 1. The summed E-state index contributed by atoms with van der Waals surface area (Å²) in [7, 11) is -3.71. The number of aryl methyl sites for hydroxylation is 3. The van der Waals surface area contributed by atoms with Crippen LogP contribution in [0.2, 0.25) is 0 Å². The van der Waals surface area contributed by atoms with Crippen molar-refractivity contribution in [2.45, 2.75) is 38.5 Å². The van der Waals surface area contributed by atoms with E-state index in [1.807, 2.05) is 26.0 Å². The van der Waals surface area contributed by atoms with E-state index in [4.69, 9.17) is 4.98 Å². The van der Waals surface area contributed by atoms with Gasteiger partial charge in [0.15, 0.2) is 0 Å². The first kappa shape index (κ1) is 24.6. The van der Waals surface area contributed by atoms with Crippen molar-refractivity contribution in [2.24, 2.45) is 0 Å². The summed E-state index contributed by atoms with van der Waals surface area (Å²) in [5.74, 6) is 0.603. The number of aromatic nitrogens is 3. The molecule has 4 aromatic rings. The van der Waals surface area contributed by atoms with E-state index in [0.717, 1.165) is 45.9 Å². The fourth-order valence-corrected chi connectivity index (χ4v) is 5.02.